The summed E-state index contributed by atoms with van der Waals surface area (Å²) in [6.07, 6.45) is 0. The number of H-pyrrole nitrogens is 1. The van der Waals surface area contributed by atoms with Crippen LogP contribution in [0.3, 0.4) is 0 Å². The molecule has 0 aliphatic carbocycles. The maximum atomic E-state index is 12.4. The molecule has 6 nitrogen and oxygen atoms in total. The summed E-state index contributed by atoms with van der Waals surface area (Å²) in [4.78, 5) is 24.8. The summed E-state index contributed by atoms with van der Waals surface area (Å²) in [6, 6.07) is 8.33. The zero-order valence-corrected chi connectivity index (χ0v) is 14.0. The number of rotatable bonds is 4. The first-order chi connectivity index (χ1) is 11.1. The Morgan fingerprint density at radius 2 is 2.17 bits per heavy atom. The van der Waals surface area contributed by atoms with E-state index in [1.165, 1.54) is 0 Å². The minimum Gasteiger partial charge on any atom is -0.375 e. The van der Waals surface area contributed by atoms with Crippen LogP contribution in [0.5, 0.6) is 0 Å². The van der Waals surface area contributed by atoms with Gasteiger partial charge < -0.3 is 14.6 Å². The Morgan fingerprint density at radius 1 is 1.39 bits per heavy atom. The van der Waals surface area contributed by atoms with E-state index in [-0.39, 0.29) is 18.6 Å². The van der Waals surface area contributed by atoms with E-state index in [1.807, 2.05) is 29.2 Å². The van der Waals surface area contributed by atoms with E-state index < -0.39 is 0 Å². The van der Waals surface area contributed by atoms with E-state index >= 15 is 0 Å². The number of amides is 1. The van der Waals surface area contributed by atoms with Crippen molar-refractivity contribution < 1.29 is 9.53 Å². The maximum absolute atomic E-state index is 12.4. The van der Waals surface area contributed by atoms with Crippen LogP contribution in [0, 0.1) is 0 Å². The Hall–Kier alpha value is -1.92. The predicted octanol–water partition coefficient (Wildman–Crippen LogP) is 1.80. The van der Waals surface area contributed by atoms with Gasteiger partial charge in [0.05, 0.1) is 11.0 Å². The molecule has 0 radical (unpaired) electrons. The van der Waals surface area contributed by atoms with E-state index in [0.717, 1.165) is 29.9 Å². The highest BCUT2D eigenvalue weighted by atomic mass is 16.5. The Bertz CT molecular complexity index is 649. The van der Waals surface area contributed by atoms with Crippen LogP contribution in [-0.4, -0.2) is 65.1 Å². The van der Waals surface area contributed by atoms with Crippen molar-refractivity contribution in [1.29, 1.82) is 0 Å². The van der Waals surface area contributed by atoms with Crippen molar-refractivity contribution in [2.75, 3.05) is 33.4 Å². The molecule has 0 saturated carbocycles. The molecule has 1 aromatic heterocycles. The van der Waals surface area contributed by atoms with E-state index in [2.05, 4.69) is 23.7 Å². The molecule has 2 aromatic rings. The fraction of sp³-hybridized carbons (Fsp3) is 0.529. The highest BCUT2D eigenvalue weighted by molar-refractivity contribution is 5.79. The number of methoxy groups -OCH3 is 1. The fourth-order valence-electron chi connectivity index (χ4n) is 3.14. The van der Waals surface area contributed by atoms with Gasteiger partial charge in [-0.25, -0.2) is 4.98 Å². The number of piperazine rings is 1. The van der Waals surface area contributed by atoms with Gasteiger partial charge >= 0.3 is 0 Å². The van der Waals surface area contributed by atoms with Crippen LogP contribution < -0.4 is 0 Å². The molecule has 1 aromatic carbocycles. The molecule has 1 N–H and O–H groups in total. The van der Waals surface area contributed by atoms with Crippen LogP contribution in [0.25, 0.3) is 11.0 Å². The van der Waals surface area contributed by atoms with Gasteiger partial charge in [-0.2, -0.15) is 0 Å². The first-order valence-electron chi connectivity index (χ1n) is 8.07. The summed E-state index contributed by atoms with van der Waals surface area (Å²) in [5.41, 5.74) is 1.94. The molecule has 1 unspecified atom stereocenters. The molecule has 1 aliphatic rings. The summed E-state index contributed by atoms with van der Waals surface area (Å²) in [7, 11) is 1.55. The van der Waals surface area contributed by atoms with Crippen molar-refractivity contribution in [1.82, 2.24) is 19.8 Å². The van der Waals surface area contributed by atoms with Crippen LogP contribution in [0.15, 0.2) is 24.3 Å². The molecule has 1 atom stereocenters. The smallest absolute Gasteiger partial charge is 0.249 e. The molecule has 1 saturated heterocycles. The number of carbonyl (C=O) groups excluding carboxylic acids is 1. The van der Waals surface area contributed by atoms with Crippen molar-refractivity contribution in [3.05, 3.63) is 30.1 Å². The Kier molecular flexibility index (Phi) is 4.63. The monoisotopic (exact) mass is 316 g/mol. The Balaban J connectivity index is 1.92. The number of para-hydroxylation sites is 2. The SMILES string of the molecule is COCC(=O)N1CCN(C(C)C)CC1c1nc2ccccc2[nH]1. The van der Waals surface area contributed by atoms with Gasteiger partial charge in [0.2, 0.25) is 5.91 Å². The Morgan fingerprint density at radius 3 is 2.87 bits per heavy atom. The number of aromatic amines is 1. The van der Waals surface area contributed by atoms with E-state index in [0.29, 0.717) is 12.6 Å². The van der Waals surface area contributed by atoms with Gasteiger partial charge in [0, 0.05) is 32.8 Å². The first-order valence-corrected chi connectivity index (χ1v) is 8.07. The molecule has 124 valence electrons. The minimum atomic E-state index is -0.0683. The van der Waals surface area contributed by atoms with Crippen molar-refractivity contribution >= 4 is 16.9 Å². The fourth-order valence-corrected chi connectivity index (χ4v) is 3.14. The lowest BCUT2D eigenvalue weighted by Gasteiger charge is -2.42. The molecular formula is C17H24N4O2. The standard InChI is InChI=1S/C17H24N4O2/c1-12(2)20-8-9-21(16(22)11-23-3)15(10-20)17-18-13-6-4-5-7-14(13)19-17/h4-7,12,15H,8-11H2,1-3H3,(H,18,19). The van der Waals surface area contributed by atoms with Gasteiger partial charge in [0.15, 0.2) is 0 Å². The summed E-state index contributed by atoms with van der Waals surface area (Å²) in [5, 5.41) is 0. The van der Waals surface area contributed by atoms with Crippen LogP contribution in [0.4, 0.5) is 0 Å². The summed E-state index contributed by atoms with van der Waals surface area (Å²) >= 11 is 0. The predicted molar refractivity (Wildman–Crippen MR) is 89.1 cm³/mol. The highest BCUT2D eigenvalue weighted by Gasteiger charge is 2.34. The molecular weight excluding hydrogens is 292 g/mol. The van der Waals surface area contributed by atoms with Gasteiger partial charge in [-0.1, -0.05) is 12.1 Å². The molecule has 0 bridgehead atoms. The van der Waals surface area contributed by atoms with Gasteiger partial charge in [-0.05, 0) is 26.0 Å². The van der Waals surface area contributed by atoms with Crippen LogP contribution in [-0.2, 0) is 9.53 Å². The largest absolute Gasteiger partial charge is 0.375 e. The third-order valence-electron chi connectivity index (χ3n) is 4.45. The van der Waals surface area contributed by atoms with E-state index in [9.17, 15) is 4.79 Å². The lowest BCUT2D eigenvalue weighted by atomic mass is 10.1. The molecule has 2 heterocycles. The highest BCUT2D eigenvalue weighted by Crippen LogP contribution is 2.26. The summed E-state index contributed by atoms with van der Waals surface area (Å²) in [5.74, 6) is 0.863. The molecule has 1 aliphatic heterocycles. The summed E-state index contributed by atoms with van der Waals surface area (Å²) in [6.45, 7) is 6.84. The average Bonchev–Trinajstić information content (AvgIpc) is 2.98. The number of nitrogens with zero attached hydrogens (tertiary/aromatic N) is 3. The van der Waals surface area contributed by atoms with Crippen molar-refractivity contribution in [2.45, 2.75) is 25.9 Å². The normalized spacial score (nSPS) is 19.7. The molecule has 23 heavy (non-hydrogen) atoms. The molecule has 3 rings (SSSR count). The third-order valence-corrected chi connectivity index (χ3v) is 4.45. The maximum Gasteiger partial charge on any atom is 0.249 e. The quantitative estimate of drug-likeness (QED) is 0.934. The second-order valence-electron chi connectivity index (χ2n) is 6.26. The number of hydrogen-bond donors (Lipinski definition) is 1. The second-order valence-corrected chi connectivity index (χ2v) is 6.26. The average molecular weight is 316 g/mol. The van der Waals surface area contributed by atoms with Gasteiger partial charge in [-0.15, -0.1) is 0 Å². The third kappa shape index (κ3) is 3.23. The van der Waals surface area contributed by atoms with Gasteiger partial charge in [-0.3, -0.25) is 9.69 Å². The first kappa shape index (κ1) is 16.0. The number of imidazole rings is 1. The van der Waals surface area contributed by atoms with Crippen LogP contribution >= 0.6 is 0 Å². The van der Waals surface area contributed by atoms with Crippen molar-refractivity contribution in [3.8, 4) is 0 Å². The lowest BCUT2D eigenvalue weighted by molar-refractivity contribution is -0.141. The summed E-state index contributed by atoms with van der Waals surface area (Å²) < 4.78 is 5.04. The van der Waals surface area contributed by atoms with Crippen molar-refractivity contribution in [2.24, 2.45) is 0 Å². The number of aromatic nitrogens is 2. The molecule has 6 heteroatoms. The minimum absolute atomic E-state index is 0.0152. The molecule has 1 amide bonds. The van der Waals surface area contributed by atoms with E-state index in [4.69, 9.17) is 9.72 Å². The number of hydrogen-bond acceptors (Lipinski definition) is 4. The number of carbonyl (C=O) groups is 1. The lowest BCUT2D eigenvalue weighted by Crippen LogP contribution is -2.53. The molecule has 0 spiro atoms. The van der Waals surface area contributed by atoms with E-state index in [1.54, 1.807) is 7.11 Å². The van der Waals surface area contributed by atoms with Crippen LogP contribution in [0.1, 0.15) is 25.7 Å². The molecule has 1 fully saturated rings. The number of fused-ring (bicyclic) bond motifs is 1. The zero-order chi connectivity index (χ0) is 16.4. The second kappa shape index (κ2) is 6.68. The topological polar surface area (TPSA) is 61.5 Å². The zero-order valence-electron chi connectivity index (χ0n) is 14.0. The number of ether oxygens (including phenoxy) is 1. The van der Waals surface area contributed by atoms with Gasteiger partial charge in [0.1, 0.15) is 18.5 Å². The number of benzene rings is 1. The van der Waals surface area contributed by atoms with Crippen molar-refractivity contribution in [3.63, 3.8) is 0 Å². The van der Waals surface area contributed by atoms with Gasteiger partial charge in [0.25, 0.3) is 0 Å². The number of nitrogens with one attached hydrogen (secondary N) is 1. The Labute approximate surface area is 136 Å². The van der Waals surface area contributed by atoms with Crippen LogP contribution in [0.2, 0.25) is 0 Å².